The Balaban J connectivity index is 2.65. The molecule has 18 heavy (non-hydrogen) atoms. The van der Waals surface area contributed by atoms with E-state index in [1.54, 1.807) is 6.08 Å². The lowest BCUT2D eigenvalue weighted by molar-refractivity contribution is -0.116. The summed E-state index contributed by atoms with van der Waals surface area (Å²) in [6.45, 7) is 3.65. The van der Waals surface area contributed by atoms with Gasteiger partial charge in [-0.3, -0.25) is 4.79 Å². The number of hydrogen-bond donors (Lipinski definition) is 2. The molecule has 0 bridgehead atoms. The highest BCUT2D eigenvalue weighted by molar-refractivity contribution is 5.92. The number of nitrogens with two attached hydrogens (primary N) is 1. The average molecular weight is 248 g/mol. The summed E-state index contributed by atoms with van der Waals surface area (Å²) in [5.74, 6) is 0.646. The van der Waals surface area contributed by atoms with E-state index in [9.17, 15) is 4.79 Å². The largest absolute Gasteiger partial charge is 0.493 e. The molecule has 3 N–H and O–H groups in total. The molecule has 0 saturated carbocycles. The molecule has 0 saturated heterocycles. The van der Waals surface area contributed by atoms with Gasteiger partial charge in [-0.25, -0.2) is 0 Å². The molecular weight excluding hydrogens is 228 g/mol. The van der Waals surface area contributed by atoms with Crippen molar-refractivity contribution in [3.63, 3.8) is 0 Å². The van der Waals surface area contributed by atoms with Gasteiger partial charge in [0.2, 0.25) is 5.91 Å². The lowest BCUT2D eigenvalue weighted by atomic mass is 10.2. The zero-order valence-electron chi connectivity index (χ0n) is 10.7. The fraction of sp³-hybridized carbons (Fsp3) is 0.357. The molecule has 0 fully saturated rings. The maximum atomic E-state index is 11.4. The molecule has 0 aliphatic rings. The highest BCUT2D eigenvalue weighted by Crippen LogP contribution is 2.19. The number of hydrogen-bond acceptors (Lipinski definition) is 3. The molecule has 4 nitrogen and oxygen atoms in total. The molecule has 0 aliphatic carbocycles. The van der Waals surface area contributed by atoms with Crippen molar-refractivity contribution in [3.05, 3.63) is 35.9 Å². The Morgan fingerprint density at radius 3 is 2.94 bits per heavy atom. The first-order valence-electron chi connectivity index (χ1n) is 6.15. The van der Waals surface area contributed by atoms with Crippen LogP contribution < -0.4 is 15.8 Å². The van der Waals surface area contributed by atoms with E-state index in [0.717, 1.165) is 17.7 Å². The zero-order chi connectivity index (χ0) is 13.2. The van der Waals surface area contributed by atoms with Crippen LogP contribution in [-0.4, -0.2) is 25.6 Å². The molecule has 0 heterocycles. The quantitative estimate of drug-likeness (QED) is 0.720. The summed E-state index contributed by atoms with van der Waals surface area (Å²) in [6, 6.07) is 7.64. The first-order chi connectivity index (χ1) is 8.77. The Hall–Kier alpha value is -1.81. The fourth-order valence-corrected chi connectivity index (χ4v) is 1.38. The third-order valence-corrected chi connectivity index (χ3v) is 2.24. The fourth-order valence-electron chi connectivity index (χ4n) is 1.38. The van der Waals surface area contributed by atoms with Gasteiger partial charge >= 0.3 is 0 Å². The number of benzene rings is 1. The molecule has 1 rings (SSSR count). The lowest BCUT2D eigenvalue weighted by Gasteiger charge is -2.07. The molecule has 4 heteroatoms. The molecule has 0 aliphatic heterocycles. The van der Waals surface area contributed by atoms with Gasteiger partial charge in [-0.1, -0.05) is 25.1 Å². The van der Waals surface area contributed by atoms with Gasteiger partial charge in [0.25, 0.3) is 0 Å². The Morgan fingerprint density at radius 1 is 1.44 bits per heavy atom. The van der Waals surface area contributed by atoms with Gasteiger partial charge in [0.1, 0.15) is 5.75 Å². The van der Waals surface area contributed by atoms with Crippen LogP contribution in [0, 0.1) is 0 Å². The topological polar surface area (TPSA) is 64.3 Å². The summed E-state index contributed by atoms with van der Waals surface area (Å²) in [5, 5.41) is 2.67. The molecule has 0 spiro atoms. The van der Waals surface area contributed by atoms with Crippen molar-refractivity contribution >= 4 is 12.0 Å². The first kappa shape index (κ1) is 14.3. The van der Waals surface area contributed by atoms with E-state index in [4.69, 9.17) is 10.5 Å². The number of ether oxygens (including phenoxy) is 1. The molecule has 1 aromatic rings. The summed E-state index contributed by atoms with van der Waals surface area (Å²) in [5.41, 5.74) is 6.20. The minimum Gasteiger partial charge on any atom is -0.493 e. The maximum Gasteiger partial charge on any atom is 0.244 e. The summed E-state index contributed by atoms with van der Waals surface area (Å²) >= 11 is 0. The molecule has 0 atom stereocenters. The predicted molar refractivity (Wildman–Crippen MR) is 73.3 cm³/mol. The van der Waals surface area contributed by atoms with Crippen LogP contribution in [0.4, 0.5) is 0 Å². The normalized spacial score (nSPS) is 10.6. The highest BCUT2D eigenvalue weighted by Gasteiger charge is 2.00. The van der Waals surface area contributed by atoms with E-state index in [0.29, 0.717) is 19.7 Å². The van der Waals surface area contributed by atoms with E-state index >= 15 is 0 Å². The molecule has 98 valence electrons. The Labute approximate surface area is 108 Å². The summed E-state index contributed by atoms with van der Waals surface area (Å²) in [7, 11) is 0. The van der Waals surface area contributed by atoms with E-state index in [-0.39, 0.29) is 5.91 Å². The second-order valence-electron chi connectivity index (χ2n) is 3.80. The molecule has 0 radical (unpaired) electrons. The maximum absolute atomic E-state index is 11.4. The number of carbonyl (C=O) groups excluding carboxylic acids is 1. The van der Waals surface area contributed by atoms with Gasteiger partial charge in [-0.2, -0.15) is 0 Å². The van der Waals surface area contributed by atoms with Crippen molar-refractivity contribution in [1.82, 2.24) is 5.32 Å². The lowest BCUT2D eigenvalue weighted by Crippen LogP contribution is -2.27. The average Bonchev–Trinajstić information content (AvgIpc) is 2.41. The standard InChI is InChI=1S/C14H20N2O2/c1-2-11-18-13-6-4-3-5-12(13)7-8-14(17)16-10-9-15/h3-8H,2,9-11,15H2,1H3,(H,16,17)/b8-7+. The van der Waals surface area contributed by atoms with Crippen LogP contribution in [0.5, 0.6) is 5.75 Å². The highest BCUT2D eigenvalue weighted by atomic mass is 16.5. The second kappa shape index (κ2) is 8.31. The van der Waals surface area contributed by atoms with Gasteiger partial charge in [0.05, 0.1) is 6.61 Å². The van der Waals surface area contributed by atoms with Gasteiger partial charge in [-0.05, 0) is 18.6 Å². The third-order valence-electron chi connectivity index (χ3n) is 2.24. The summed E-state index contributed by atoms with van der Waals surface area (Å²) in [6.07, 6.45) is 4.19. The molecule has 0 aromatic heterocycles. The zero-order valence-corrected chi connectivity index (χ0v) is 10.7. The van der Waals surface area contributed by atoms with Crippen molar-refractivity contribution < 1.29 is 9.53 Å². The Morgan fingerprint density at radius 2 is 2.22 bits per heavy atom. The summed E-state index contributed by atoms with van der Waals surface area (Å²) in [4.78, 5) is 11.4. The van der Waals surface area contributed by atoms with E-state index in [1.165, 1.54) is 6.08 Å². The van der Waals surface area contributed by atoms with Crippen LogP contribution in [0.2, 0.25) is 0 Å². The monoisotopic (exact) mass is 248 g/mol. The molecule has 1 aromatic carbocycles. The van der Waals surface area contributed by atoms with E-state index in [1.807, 2.05) is 24.3 Å². The van der Waals surface area contributed by atoms with E-state index in [2.05, 4.69) is 12.2 Å². The number of nitrogens with one attached hydrogen (secondary N) is 1. The number of amides is 1. The Bertz CT molecular complexity index is 403. The van der Waals surface area contributed by atoms with Gasteiger partial charge in [0, 0.05) is 24.7 Å². The SMILES string of the molecule is CCCOc1ccccc1/C=C/C(=O)NCCN. The van der Waals surface area contributed by atoms with Crippen molar-refractivity contribution in [2.75, 3.05) is 19.7 Å². The number of para-hydroxylation sites is 1. The minimum absolute atomic E-state index is 0.147. The molecular formula is C14H20N2O2. The van der Waals surface area contributed by atoms with E-state index < -0.39 is 0 Å². The van der Waals surface area contributed by atoms with Crippen LogP contribution in [0.15, 0.2) is 30.3 Å². The van der Waals surface area contributed by atoms with Crippen molar-refractivity contribution in [2.24, 2.45) is 5.73 Å². The van der Waals surface area contributed by atoms with Crippen LogP contribution in [0.3, 0.4) is 0 Å². The second-order valence-corrected chi connectivity index (χ2v) is 3.80. The van der Waals surface area contributed by atoms with Crippen LogP contribution in [-0.2, 0) is 4.79 Å². The van der Waals surface area contributed by atoms with Gasteiger partial charge < -0.3 is 15.8 Å². The molecule has 1 amide bonds. The van der Waals surface area contributed by atoms with Crippen molar-refractivity contribution in [2.45, 2.75) is 13.3 Å². The predicted octanol–water partition coefficient (Wildman–Crippen LogP) is 1.56. The third kappa shape index (κ3) is 5.01. The number of carbonyl (C=O) groups is 1. The van der Waals surface area contributed by atoms with Crippen molar-refractivity contribution in [1.29, 1.82) is 0 Å². The smallest absolute Gasteiger partial charge is 0.244 e. The van der Waals surface area contributed by atoms with Crippen molar-refractivity contribution in [3.8, 4) is 5.75 Å². The summed E-state index contributed by atoms with van der Waals surface area (Å²) < 4.78 is 5.60. The van der Waals surface area contributed by atoms with Gasteiger partial charge in [-0.15, -0.1) is 0 Å². The first-order valence-corrected chi connectivity index (χ1v) is 6.15. The number of rotatable bonds is 7. The van der Waals surface area contributed by atoms with Gasteiger partial charge in [0.15, 0.2) is 0 Å². The van der Waals surface area contributed by atoms with Crippen LogP contribution in [0.25, 0.3) is 6.08 Å². The van der Waals surface area contributed by atoms with Crippen LogP contribution in [0.1, 0.15) is 18.9 Å². The Kier molecular flexibility index (Phi) is 6.58. The molecule has 0 unspecified atom stereocenters. The minimum atomic E-state index is -0.147. The van der Waals surface area contributed by atoms with Crippen LogP contribution >= 0.6 is 0 Å².